The first-order chi connectivity index (χ1) is 14.1. The Balaban J connectivity index is 1.63. The summed E-state index contributed by atoms with van der Waals surface area (Å²) in [7, 11) is 1.51. The monoisotopic (exact) mass is 391 g/mol. The topological polar surface area (TPSA) is 73.9 Å². The molecule has 1 N–H and O–H groups in total. The predicted molar refractivity (Wildman–Crippen MR) is 109 cm³/mol. The van der Waals surface area contributed by atoms with Gasteiger partial charge in [-0.25, -0.2) is 4.79 Å². The molecule has 1 amide bonds. The van der Waals surface area contributed by atoms with Crippen LogP contribution < -0.4 is 14.8 Å². The Labute approximate surface area is 169 Å². The number of anilines is 1. The Morgan fingerprint density at radius 3 is 2.31 bits per heavy atom. The number of esters is 1. The van der Waals surface area contributed by atoms with Gasteiger partial charge < -0.3 is 19.5 Å². The van der Waals surface area contributed by atoms with E-state index in [-0.39, 0.29) is 5.56 Å². The average molecular weight is 391 g/mol. The number of amides is 1. The number of rotatable bonds is 7. The number of methoxy groups -OCH3 is 1. The number of nitrogens with one attached hydrogen (secondary N) is 1. The lowest BCUT2D eigenvalue weighted by Crippen LogP contribution is -2.30. The van der Waals surface area contributed by atoms with Gasteiger partial charge in [0.15, 0.2) is 6.10 Å². The van der Waals surface area contributed by atoms with Gasteiger partial charge in [-0.05, 0) is 49.4 Å². The summed E-state index contributed by atoms with van der Waals surface area (Å²) in [5.41, 5.74) is 0.788. The molecule has 0 radical (unpaired) electrons. The summed E-state index contributed by atoms with van der Waals surface area (Å²) >= 11 is 0. The molecule has 6 heteroatoms. The molecule has 0 aliphatic heterocycles. The van der Waals surface area contributed by atoms with E-state index in [4.69, 9.17) is 14.2 Å². The molecule has 1 atom stereocenters. The molecule has 0 bridgehead atoms. The van der Waals surface area contributed by atoms with Crippen molar-refractivity contribution in [3.8, 4) is 17.2 Å². The highest BCUT2D eigenvalue weighted by Gasteiger charge is 2.20. The van der Waals surface area contributed by atoms with Crippen LogP contribution in [0, 0.1) is 0 Å². The minimum absolute atomic E-state index is 0.287. The Kier molecular flexibility index (Phi) is 6.47. The highest BCUT2D eigenvalue weighted by molar-refractivity contribution is 5.98. The van der Waals surface area contributed by atoms with Crippen LogP contribution in [0.25, 0.3) is 0 Å². The van der Waals surface area contributed by atoms with Crippen LogP contribution >= 0.6 is 0 Å². The molecule has 0 aliphatic rings. The zero-order chi connectivity index (χ0) is 20.6. The van der Waals surface area contributed by atoms with Gasteiger partial charge in [-0.2, -0.15) is 0 Å². The van der Waals surface area contributed by atoms with E-state index < -0.39 is 18.0 Å². The molecular formula is C23H21NO5. The van der Waals surface area contributed by atoms with E-state index in [0.29, 0.717) is 22.9 Å². The highest BCUT2D eigenvalue weighted by Crippen LogP contribution is 2.24. The summed E-state index contributed by atoms with van der Waals surface area (Å²) in [5.74, 6) is 0.593. The van der Waals surface area contributed by atoms with Crippen molar-refractivity contribution in [2.24, 2.45) is 0 Å². The fourth-order valence-corrected chi connectivity index (χ4v) is 2.58. The highest BCUT2D eigenvalue weighted by atomic mass is 16.5. The van der Waals surface area contributed by atoms with E-state index in [1.54, 1.807) is 48.5 Å². The molecule has 0 aromatic heterocycles. The molecular weight excluding hydrogens is 370 g/mol. The van der Waals surface area contributed by atoms with Crippen molar-refractivity contribution < 1.29 is 23.8 Å². The summed E-state index contributed by atoms with van der Waals surface area (Å²) in [4.78, 5) is 24.8. The van der Waals surface area contributed by atoms with Crippen molar-refractivity contribution in [1.29, 1.82) is 0 Å². The van der Waals surface area contributed by atoms with Gasteiger partial charge >= 0.3 is 5.97 Å². The van der Waals surface area contributed by atoms with E-state index in [1.807, 2.05) is 30.3 Å². The molecule has 29 heavy (non-hydrogen) atoms. The van der Waals surface area contributed by atoms with Crippen LogP contribution in [0.2, 0.25) is 0 Å². The first-order valence-electron chi connectivity index (χ1n) is 9.04. The lowest BCUT2D eigenvalue weighted by Gasteiger charge is -2.15. The zero-order valence-electron chi connectivity index (χ0n) is 16.1. The molecule has 0 aliphatic carbocycles. The van der Waals surface area contributed by atoms with Crippen LogP contribution in [0.1, 0.15) is 17.3 Å². The standard InChI is InChI=1S/C23H21NO5/c1-16(22(25)24-20-13-6-7-14-21(20)27-2)28-23(26)17-9-8-12-19(15-17)29-18-10-4-3-5-11-18/h3-16H,1-2H3,(H,24,25)/t16-/m1/s1. The summed E-state index contributed by atoms with van der Waals surface area (Å²) in [5, 5.41) is 2.70. The second-order valence-corrected chi connectivity index (χ2v) is 6.18. The summed E-state index contributed by atoms with van der Waals surface area (Å²) in [6, 6.07) is 22.8. The van der Waals surface area contributed by atoms with Gasteiger partial charge in [0, 0.05) is 0 Å². The number of carbonyl (C=O) groups excluding carboxylic acids is 2. The number of ether oxygens (including phenoxy) is 3. The summed E-state index contributed by atoms with van der Waals surface area (Å²) in [6.07, 6.45) is -0.994. The maximum absolute atomic E-state index is 12.5. The second-order valence-electron chi connectivity index (χ2n) is 6.18. The minimum atomic E-state index is -0.994. The molecule has 0 heterocycles. The van der Waals surface area contributed by atoms with Crippen molar-refractivity contribution >= 4 is 17.6 Å². The fourth-order valence-electron chi connectivity index (χ4n) is 2.58. The molecule has 3 aromatic carbocycles. The first-order valence-corrected chi connectivity index (χ1v) is 9.04. The number of hydrogen-bond acceptors (Lipinski definition) is 5. The second kappa shape index (κ2) is 9.41. The molecule has 0 saturated carbocycles. The van der Waals surface area contributed by atoms with Gasteiger partial charge in [0.05, 0.1) is 18.4 Å². The SMILES string of the molecule is COc1ccccc1NC(=O)[C@@H](C)OC(=O)c1cccc(Oc2ccccc2)c1. The van der Waals surface area contributed by atoms with E-state index in [9.17, 15) is 9.59 Å². The predicted octanol–water partition coefficient (Wildman–Crippen LogP) is 4.67. The van der Waals surface area contributed by atoms with E-state index >= 15 is 0 Å². The quantitative estimate of drug-likeness (QED) is 0.593. The summed E-state index contributed by atoms with van der Waals surface area (Å²) in [6.45, 7) is 1.51. The van der Waals surface area contributed by atoms with Crippen molar-refractivity contribution in [2.45, 2.75) is 13.0 Å². The van der Waals surface area contributed by atoms with Crippen LogP contribution in [-0.2, 0) is 9.53 Å². The van der Waals surface area contributed by atoms with Crippen molar-refractivity contribution in [3.05, 3.63) is 84.4 Å². The minimum Gasteiger partial charge on any atom is -0.495 e. The fraction of sp³-hybridized carbons (Fsp3) is 0.130. The average Bonchev–Trinajstić information content (AvgIpc) is 2.75. The van der Waals surface area contributed by atoms with Gasteiger partial charge in [0.2, 0.25) is 0 Å². The van der Waals surface area contributed by atoms with Crippen LogP contribution in [0.5, 0.6) is 17.2 Å². The first kappa shape index (κ1) is 19.9. The molecule has 0 unspecified atom stereocenters. The van der Waals surface area contributed by atoms with Crippen molar-refractivity contribution in [1.82, 2.24) is 0 Å². The van der Waals surface area contributed by atoms with Crippen molar-refractivity contribution in [2.75, 3.05) is 12.4 Å². The van der Waals surface area contributed by atoms with E-state index in [0.717, 1.165) is 0 Å². The number of para-hydroxylation sites is 3. The Bertz CT molecular complexity index is 987. The molecule has 0 saturated heterocycles. The number of benzene rings is 3. The molecule has 148 valence electrons. The lowest BCUT2D eigenvalue weighted by atomic mass is 10.2. The largest absolute Gasteiger partial charge is 0.495 e. The number of hydrogen-bond donors (Lipinski definition) is 1. The third-order valence-electron chi connectivity index (χ3n) is 4.07. The number of carbonyl (C=O) groups is 2. The Morgan fingerprint density at radius 2 is 1.55 bits per heavy atom. The molecule has 6 nitrogen and oxygen atoms in total. The third-order valence-corrected chi connectivity index (χ3v) is 4.07. The molecule has 0 fully saturated rings. The van der Waals surface area contributed by atoms with Crippen LogP contribution in [-0.4, -0.2) is 25.1 Å². The Hall–Kier alpha value is -3.80. The van der Waals surface area contributed by atoms with E-state index in [2.05, 4.69) is 5.32 Å². The zero-order valence-corrected chi connectivity index (χ0v) is 16.1. The third kappa shape index (κ3) is 5.35. The van der Waals surface area contributed by atoms with E-state index in [1.165, 1.54) is 14.0 Å². The molecule has 0 spiro atoms. The van der Waals surface area contributed by atoms with Gasteiger partial charge in [-0.3, -0.25) is 4.79 Å². The summed E-state index contributed by atoms with van der Waals surface area (Å²) < 4.78 is 16.2. The lowest BCUT2D eigenvalue weighted by molar-refractivity contribution is -0.123. The smallest absolute Gasteiger partial charge is 0.339 e. The van der Waals surface area contributed by atoms with Gasteiger partial charge in [-0.15, -0.1) is 0 Å². The van der Waals surface area contributed by atoms with Crippen LogP contribution in [0.3, 0.4) is 0 Å². The van der Waals surface area contributed by atoms with Gasteiger partial charge in [0.25, 0.3) is 5.91 Å². The van der Waals surface area contributed by atoms with Gasteiger partial charge in [0.1, 0.15) is 17.2 Å². The van der Waals surface area contributed by atoms with Crippen molar-refractivity contribution in [3.63, 3.8) is 0 Å². The van der Waals surface area contributed by atoms with Crippen LogP contribution in [0.15, 0.2) is 78.9 Å². The van der Waals surface area contributed by atoms with Gasteiger partial charge in [-0.1, -0.05) is 36.4 Å². The molecule has 3 aromatic rings. The van der Waals surface area contributed by atoms with Crippen LogP contribution in [0.4, 0.5) is 5.69 Å². The molecule has 3 rings (SSSR count). The maximum atomic E-state index is 12.5. The maximum Gasteiger partial charge on any atom is 0.339 e. The Morgan fingerprint density at radius 1 is 0.862 bits per heavy atom. The normalized spacial score (nSPS) is 11.2.